The van der Waals surface area contributed by atoms with Gasteiger partial charge in [-0.2, -0.15) is 13.2 Å². The van der Waals surface area contributed by atoms with Crippen LogP contribution in [0.3, 0.4) is 0 Å². The van der Waals surface area contributed by atoms with Crippen LogP contribution in [0, 0.1) is 5.92 Å². The molecule has 2 nitrogen and oxygen atoms in total. The standard InChI is InChI=1S/C9H16F3NO.C2H6/c1-4-7(2)5-13(8(3)14)6-9(10,11)12;1-2/h7H,4-6H2,1-3H3;1-2H3. The highest BCUT2D eigenvalue weighted by Crippen LogP contribution is 2.17. The van der Waals surface area contributed by atoms with Crippen molar-refractivity contribution in [1.82, 2.24) is 4.90 Å². The van der Waals surface area contributed by atoms with Crippen molar-refractivity contribution in [2.45, 2.75) is 47.2 Å². The van der Waals surface area contributed by atoms with E-state index in [0.29, 0.717) is 0 Å². The summed E-state index contributed by atoms with van der Waals surface area (Å²) in [6.45, 7) is 7.90. The Morgan fingerprint density at radius 3 is 2.00 bits per heavy atom. The van der Waals surface area contributed by atoms with E-state index in [1.165, 1.54) is 0 Å². The summed E-state index contributed by atoms with van der Waals surface area (Å²) in [6, 6.07) is 0. The first-order chi connectivity index (χ1) is 7.26. The van der Waals surface area contributed by atoms with Crippen LogP contribution in [0.15, 0.2) is 0 Å². The molecule has 0 aromatic heterocycles. The largest absolute Gasteiger partial charge is 0.406 e. The van der Waals surface area contributed by atoms with Crippen molar-refractivity contribution in [2.75, 3.05) is 13.1 Å². The predicted molar refractivity (Wildman–Crippen MR) is 59.1 cm³/mol. The molecule has 0 aliphatic heterocycles. The fraction of sp³-hybridized carbons (Fsp3) is 0.909. The Labute approximate surface area is 95.8 Å². The van der Waals surface area contributed by atoms with Crippen LogP contribution in [0.4, 0.5) is 13.2 Å². The molecule has 0 fully saturated rings. The summed E-state index contributed by atoms with van der Waals surface area (Å²) in [5.41, 5.74) is 0. The molecule has 0 aromatic carbocycles. The molecular formula is C11H22F3NO. The molecule has 98 valence electrons. The minimum atomic E-state index is -4.31. The van der Waals surface area contributed by atoms with Gasteiger partial charge in [-0.1, -0.05) is 34.1 Å². The van der Waals surface area contributed by atoms with E-state index in [9.17, 15) is 18.0 Å². The molecule has 0 heterocycles. The lowest BCUT2D eigenvalue weighted by atomic mass is 10.1. The van der Waals surface area contributed by atoms with E-state index in [0.717, 1.165) is 18.2 Å². The molecule has 0 N–H and O–H groups in total. The van der Waals surface area contributed by atoms with Gasteiger partial charge < -0.3 is 4.90 Å². The second kappa shape index (κ2) is 8.42. The van der Waals surface area contributed by atoms with Crippen molar-refractivity contribution >= 4 is 5.91 Å². The van der Waals surface area contributed by atoms with Crippen molar-refractivity contribution in [3.05, 3.63) is 0 Å². The van der Waals surface area contributed by atoms with Crippen molar-refractivity contribution in [3.8, 4) is 0 Å². The van der Waals surface area contributed by atoms with E-state index in [1.54, 1.807) is 0 Å². The molecule has 1 unspecified atom stereocenters. The molecule has 16 heavy (non-hydrogen) atoms. The second-order valence-electron chi connectivity index (χ2n) is 3.53. The van der Waals surface area contributed by atoms with Gasteiger partial charge in [-0.15, -0.1) is 0 Å². The zero-order valence-electron chi connectivity index (χ0n) is 10.7. The zero-order chi connectivity index (χ0) is 13.4. The first kappa shape index (κ1) is 17.6. The highest BCUT2D eigenvalue weighted by molar-refractivity contribution is 5.73. The third kappa shape index (κ3) is 9.80. The van der Waals surface area contributed by atoms with Crippen LogP contribution in [-0.2, 0) is 4.79 Å². The van der Waals surface area contributed by atoms with Gasteiger partial charge in [-0.25, -0.2) is 0 Å². The molecule has 0 saturated heterocycles. The molecule has 1 amide bonds. The third-order valence-corrected chi connectivity index (χ3v) is 2.04. The predicted octanol–water partition coefficient (Wildman–Crippen LogP) is 3.47. The van der Waals surface area contributed by atoms with Gasteiger partial charge in [0.2, 0.25) is 5.91 Å². The van der Waals surface area contributed by atoms with Crippen LogP contribution >= 0.6 is 0 Å². The fourth-order valence-corrected chi connectivity index (χ4v) is 1.03. The number of alkyl halides is 3. The molecule has 0 radical (unpaired) electrons. The number of carbonyl (C=O) groups is 1. The SMILES string of the molecule is CC.CCC(C)CN(CC(F)(F)F)C(C)=O. The summed E-state index contributed by atoms with van der Waals surface area (Å²) in [5, 5.41) is 0. The monoisotopic (exact) mass is 241 g/mol. The van der Waals surface area contributed by atoms with Gasteiger partial charge in [0.05, 0.1) is 0 Å². The van der Waals surface area contributed by atoms with Gasteiger partial charge in [0.25, 0.3) is 0 Å². The van der Waals surface area contributed by atoms with E-state index in [1.807, 2.05) is 27.7 Å². The molecule has 0 aliphatic rings. The molecule has 0 spiro atoms. The number of hydrogen-bond donors (Lipinski definition) is 0. The second-order valence-corrected chi connectivity index (χ2v) is 3.53. The summed E-state index contributed by atoms with van der Waals surface area (Å²) in [5.74, 6) is -0.427. The fourth-order valence-electron chi connectivity index (χ4n) is 1.03. The lowest BCUT2D eigenvalue weighted by molar-refractivity contribution is -0.160. The lowest BCUT2D eigenvalue weighted by Gasteiger charge is -2.25. The molecule has 0 aliphatic carbocycles. The van der Waals surface area contributed by atoms with Gasteiger partial charge in [0, 0.05) is 13.5 Å². The summed E-state index contributed by atoms with van der Waals surface area (Å²) < 4.78 is 36.1. The van der Waals surface area contributed by atoms with Crippen molar-refractivity contribution in [3.63, 3.8) is 0 Å². The summed E-state index contributed by atoms with van der Waals surface area (Å²) >= 11 is 0. The molecule has 5 heteroatoms. The zero-order valence-corrected chi connectivity index (χ0v) is 10.7. The Morgan fingerprint density at radius 1 is 1.31 bits per heavy atom. The van der Waals surface area contributed by atoms with E-state index >= 15 is 0 Å². The highest BCUT2D eigenvalue weighted by Gasteiger charge is 2.32. The van der Waals surface area contributed by atoms with Gasteiger partial charge in [-0.3, -0.25) is 4.79 Å². The lowest BCUT2D eigenvalue weighted by Crippen LogP contribution is -2.40. The summed E-state index contributed by atoms with van der Waals surface area (Å²) in [6.07, 6.45) is -3.54. The highest BCUT2D eigenvalue weighted by atomic mass is 19.4. The quantitative estimate of drug-likeness (QED) is 0.738. The Balaban J connectivity index is 0. The van der Waals surface area contributed by atoms with Gasteiger partial charge in [0.1, 0.15) is 6.54 Å². The number of amides is 1. The van der Waals surface area contributed by atoms with Crippen molar-refractivity contribution < 1.29 is 18.0 Å². The van der Waals surface area contributed by atoms with E-state index in [-0.39, 0.29) is 12.5 Å². The Morgan fingerprint density at radius 2 is 1.75 bits per heavy atom. The maximum absolute atomic E-state index is 12.0. The van der Waals surface area contributed by atoms with Crippen molar-refractivity contribution in [1.29, 1.82) is 0 Å². The van der Waals surface area contributed by atoms with Crippen LogP contribution in [0.1, 0.15) is 41.0 Å². The average molecular weight is 241 g/mol. The van der Waals surface area contributed by atoms with Crippen LogP contribution in [-0.4, -0.2) is 30.1 Å². The maximum atomic E-state index is 12.0. The molecule has 0 bridgehead atoms. The van der Waals surface area contributed by atoms with Gasteiger partial charge >= 0.3 is 6.18 Å². The number of carbonyl (C=O) groups excluding carboxylic acids is 1. The first-order valence-electron chi connectivity index (χ1n) is 5.58. The Bertz CT molecular complexity index is 192. The topological polar surface area (TPSA) is 20.3 Å². The molecule has 1 atom stereocenters. The maximum Gasteiger partial charge on any atom is 0.406 e. The smallest absolute Gasteiger partial charge is 0.334 e. The van der Waals surface area contributed by atoms with E-state index in [4.69, 9.17) is 0 Å². The molecule has 0 rings (SSSR count). The minimum absolute atomic E-state index is 0.0984. The Kier molecular flexibility index (Phi) is 9.28. The summed E-state index contributed by atoms with van der Waals surface area (Å²) in [4.78, 5) is 11.7. The van der Waals surface area contributed by atoms with E-state index < -0.39 is 18.6 Å². The normalized spacial score (nSPS) is 12.5. The summed E-state index contributed by atoms with van der Waals surface area (Å²) in [7, 11) is 0. The van der Waals surface area contributed by atoms with Crippen LogP contribution < -0.4 is 0 Å². The third-order valence-electron chi connectivity index (χ3n) is 2.04. The van der Waals surface area contributed by atoms with Crippen LogP contribution in [0.5, 0.6) is 0 Å². The average Bonchev–Trinajstić information content (AvgIpc) is 2.17. The number of nitrogens with zero attached hydrogens (tertiary/aromatic N) is 1. The first-order valence-corrected chi connectivity index (χ1v) is 5.58. The molecular weight excluding hydrogens is 219 g/mol. The molecule has 0 aromatic rings. The van der Waals surface area contributed by atoms with Crippen molar-refractivity contribution in [2.24, 2.45) is 5.92 Å². The van der Waals surface area contributed by atoms with Gasteiger partial charge in [0.15, 0.2) is 0 Å². The van der Waals surface area contributed by atoms with Gasteiger partial charge in [-0.05, 0) is 5.92 Å². The molecule has 0 saturated carbocycles. The van der Waals surface area contributed by atoms with Crippen LogP contribution in [0.25, 0.3) is 0 Å². The minimum Gasteiger partial charge on any atom is -0.334 e. The van der Waals surface area contributed by atoms with E-state index in [2.05, 4.69) is 0 Å². The number of hydrogen-bond acceptors (Lipinski definition) is 1. The van der Waals surface area contributed by atoms with Crippen LogP contribution in [0.2, 0.25) is 0 Å². The number of halogens is 3. The number of rotatable bonds is 4. The Hall–Kier alpha value is -0.740.